The van der Waals surface area contributed by atoms with Crippen LogP contribution in [-0.2, 0) is 0 Å². The molecular formula is C6H5N3O. The molecule has 50 valence electrons. The van der Waals surface area contributed by atoms with Crippen LogP contribution in [0.25, 0.3) is 11.5 Å². The zero-order chi connectivity index (χ0) is 6.97. The van der Waals surface area contributed by atoms with Crippen LogP contribution < -0.4 is 5.73 Å². The molecule has 4 nitrogen and oxygen atoms in total. The molecule has 0 aromatic heterocycles. The van der Waals surface area contributed by atoms with Crippen LogP contribution in [0.4, 0.5) is 5.69 Å². The molecule has 2 heterocycles. The summed E-state index contributed by atoms with van der Waals surface area (Å²) in [6.45, 7) is 0. The Balaban J connectivity index is 2.75. The van der Waals surface area contributed by atoms with Crippen LogP contribution >= 0.6 is 0 Å². The number of rotatable bonds is 0. The molecule has 0 saturated heterocycles. The number of aromatic nitrogens is 2. The largest absolute Gasteiger partial charge is 0.459 e. The highest BCUT2D eigenvalue weighted by atomic mass is 16.3. The lowest BCUT2D eigenvalue weighted by Gasteiger charge is -1.94. The van der Waals surface area contributed by atoms with Crippen molar-refractivity contribution in [3.05, 3.63) is 18.5 Å². The molecular weight excluding hydrogens is 130 g/mol. The molecule has 4 heteroatoms. The number of hydrogen-bond acceptors (Lipinski definition) is 4. The fraction of sp³-hybridized carbons (Fsp3) is 0. The van der Waals surface area contributed by atoms with E-state index in [0.29, 0.717) is 17.1 Å². The minimum Gasteiger partial charge on any atom is -0.459 e. The van der Waals surface area contributed by atoms with E-state index in [1.54, 1.807) is 12.3 Å². The Hall–Kier alpha value is -1.58. The second-order valence-electron chi connectivity index (χ2n) is 1.97. The number of fused-ring (bicyclic) bond motifs is 1. The molecule has 0 spiro atoms. The van der Waals surface area contributed by atoms with Gasteiger partial charge in [0.2, 0.25) is 0 Å². The molecule has 2 N–H and O–H groups in total. The third-order valence-corrected chi connectivity index (χ3v) is 1.22. The van der Waals surface area contributed by atoms with E-state index >= 15 is 0 Å². The lowest BCUT2D eigenvalue weighted by Crippen LogP contribution is -1.85. The highest BCUT2D eigenvalue weighted by Crippen LogP contribution is 2.19. The van der Waals surface area contributed by atoms with Gasteiger partial charge in [0.25, 0.3) is 0 Å². The quantitative estimate of drug-likeness (QED) is 0.579. The van der Waals surface area contributed by atoms with E-state index in [1.165, 1.54) is 6.26 Å². The summed E-state index contributed by atoms with van der Waals surface area (Å²) in [6, 6.07) is 1.71. The predicted molar refractivity (Wildman–Crippen MR) is 35.3 cm³/mol. The summed E-state index contributed by atoms with van der Waals surface area (Å²) in [7, 11) is 0. The van der Waals surface area contributed by atoms with Crippen molar-refractivity contribution < 1.29 is 4.42 Å². The summed E-state index contributed by atoms with van der Waals surface area (Å²) in [5, 5.41) is 7.40. The van der Waals surface area contributed by atoms with Gasteiger partial charge in [0.1, 0.15) is 12.0 Å². The molecule has 2 aliphatic heterocycles. The second-order valence-corrected chi connectivity index (χ2v) is 1.97. The zero-order valence-electron chi connectivity index (χ0n) is 5.11. The number of hydrogen-bond donors (Lipinski definition) is 1. The van der Waals surface area contributed by atoms with Crippen LogP contribution in [-0.4, -0.2) is 10.2 Å². The average Bonchev–Trinajstić information content (AvgIpc) is 2.33. The highest BCUT2D eigenvalue weighted by Gasteiger charge is 2.05. The van der Waals surface area contributed by atoms with Crippen molar-refractivity contribution in [2.45, 2.75) is 0 Å². The van der Waals surface area contributed by atoms with Crippen LogP contribution in [0.1, 0.15) is 0 Å². The first-order chi connectivity index (χ1) is 4.86. The molecule has 2 aliphatic rings. The summed E-state index contributed by atoms with van der Waals surface area (Å²) >= 11 is 0. The van der Waals surface area contributed by atoms with Gasteiger partial charge in [0.05, 0.1) is 11.9 Å². The lowest BCUT2D eigenvalue weighted by atomic mass is 10.3. The van der Waals surface area contributed by atoms with Crippen LogP contribution in [0.3, 0.4) is 0 Å². The van der Waals surface area contributed by atoms with Crippen molar-refractivity contribution in [1.29, 1.82) is 0 Å². The topological polar surface area (TPSA) is 64.9 Å². The highest BCUT2D eigenvalue weighted by molar-refractivity contribution is 5.57. The van der Waals surface area contributed by atoms with Gasteiger partial charge in [-0.05, 0) is 6.07 Å². The summed E-state index contributed by atoms with van der Waals surface area (Å²) < 4.78 is 5.03. The first-order valence-electron chi connectivity index (χ1n) is 2.82. The van der Waals surface area contributed by atoms with Crippen molar-refractivity contribution in [3.8, 4) is 11.5 Å². The summed E-state index contributed by atoms with van der Waals surface area (Å²) in [6.07, 6.45) is 3.01. The molecule has 2 rings (SSSR count). The molecule has 0 saturated carbocycles. The number of nitrogen functional groups attached to an aromatic ring is 1. The SMILES string of the molecule is Nc1coc2cnnc-2c1. The van der Waals surface area contributed by atoms with Gasteiger partial charge in [0, 0.05) is 0 Å². The van der Waals surface area contributed by atoms with Crippen molar-refractivity contribution in [2.75, 3.05) is 5.73 Å². The van der Waals surface area contributed by atoms with Crippen LogP contribution in [0.5, 0.6) is 0 Å². The fourth-order valence-electron chi connectivity index (χ4n) is 0.773. The normalized spacial score (nSPS) is 10.4. The Morgan fingerprint density at radius 1 is 1.50 bits per heavy atom. The summed E-state index contributed by atoms with van der Waals surface area (Å²) in [5.74, 6) is 0.661. The maximum absolute atomic E-state index is 5.42. The van der Waals surface area contributed by atoms with Gasteiger partial charge in [-0.3, -0.25) is 0 Å². The van der Waals surface area contributed by atoms with Crippen molar-refractivity contribution in [2.24, 2.45) is 0 Å². The third-order valence-electron chi connectivity index (χ3n) is 1.22. The lowest BCUT2D eigenvalue weighted by molar-refractivity contribution is 0.568. The first-order valence-corrected chi connectivity index (χ1v) is 2.82. The van der Waals surface area contributed by atoms with E-state index in [1.807, 2.05) is 0 Å². The molecule has 0 unspecified atom stereocenters. The van der Waals surface area contributed by atoms with Gasteiger partial charge in [-0.15, -0.1) is 5.10 Å². The second kappa shape index (κ2) is 1.70. The van der Waals surface area contributed by atoms with Gasteiger partial charge in [-0.1, -0.05) is 0 Å². The van der Waals surface area contributed by atoms with E-state index in [9.17, 15) is 0 Å². The van der Waals surface area contributed by atoms with Crippen LogP contribution in [0.2, 0.25) is 0 Å². The first kappa shape index (κ1) is 5.22. The average molecular weight is 135 g/mol. The molecule has 10 heavy (non-hydrogen) atoms. The van der Waals surface area contributed by atoms with E-state index in [-0.39, 0.29) is 0 Å². The van der Waals surface area contributed by atoms with Crippen molar-refractivity contribution in [1.82, 2.24) is 10.2 Å². The van der Waals surface area contributed by atoms with Crippen LogP contribution in [0, 0.1) is 0 Å². The Labute approximate surface area is 57.0 Å². The molecule has 0 bridgehead atoms. The van der Waals surface area contributed by atoms with Gasteiger partial charge in [-0.25, -0.2) is 0 Å². The predicted octanol–water partition coefficient (Wildman–Crippen LogP) is 0.757. The molecule has 0 aromatic rings. The van der Waals surface area contributed by atoms with Crippen molar-refractivity contribution >= 4 is 5.69 Å². The van der Waals surface area contributed by atoms with E-state index < -0.39 is 0 Å². The molecule has 0 atom stereocenters. The van der Waals surface area contributed by atoms with Gasteiger partial charge in [0.15, 0.2) is 5.76 Å². The summed E-state index contributed by atoms with van der Waals surface area (Å²) in [4.78, 5) is 0. The monoisotopic (exact) mass is 135 g/mol. The zero-order valence-corrected chi connectivity index (χ0v) is 5.11. The Morgan fingerprint density at radius 3 is 3.30 bits per heavy atom. The van der Waals surface area contributed by atoms with Gasteiger partial charge in [-0.2, -0.15) is 5.10 Å². The van der Waals surface area contributed by atoms with Crippen molar-refractivity contribution in [3.63, 3.8) is 0 Å². The maximum atomic E-state index is 5.42. The molecule has 0 aliphatic carbocycles. The van der Waals surface area contributed by atoms with Gasteiger partial charge >= 0.3 is 0 Å². The maximum Gasteiger partial charge on any atom is 0.174 e. The fourth-order valence-corrected chi connectivity index (χ4v) is 0.773. The Bertz CT molecular complexity index is 317. The number of nitrogens with two attached hydrogens (primary N) is 1. The Kier molecular flexibility index (Phi) is 0.887. The summed E-state index contributed by atoms with van der Waals surface area (Å²) in [5.41, 5.74) is 6.68. The smallest absolute Gasteiger partial charge is 0.174 e. The third kappa shape index (κ3) is 0.621. The molecule has 0 aromatic carbocycles. The molecule has 0 fully saturated rings. The Morgan fingerprint density at radius 2 is 2.40 bits per heavy atom. The van der Waals surface area contributed by atoms with E-state index in [2.05, 4.69) is 10.2 Å². The minimum atomic E-state index is 0.563. The number of nitrogens with zero attached hydrogens (tertiary/aromatic N) is 2. The van der Waals surface area contributed by atoms with Gasteiger partial charge < -0.3 is 10.2 Å². The number of anilines is 1. The molecule has 0 radical (unpaired) electrons. The molecule has 0 amide bonds. The van der Waals surface area contributed by atoms with Crippen LogP contribution in [0.15, 0.2) is 22.9 Å². The standard InChI is InChI=1S/C6H5N3O/c7-4-1-5-6(10-3-4)2-8-9-5/h1-3H,7H2. The van der Waals surface area contributed by atoms with E-state index in [0.717, 1.165) is 0 Å². The van der Waals surface area contributed by atoms with E-state index in [4.69, 9.17) is 10.2 Å². The minimum absolute atomic E-state index is 0.563.